The highest BCUT2D eigenvalue weighted by Crippen LogP contribution is 2.32. The van der Waals surface area contributed by atoms with E-state index in [1.807, 2.05) is 46.8 Å². The van der Waals surface area contributed by atoms with Gasteiger partial charge >= 0.3 is 0 Å². The number of aromatic nitrogens is 2. The smallest absolute Gasteiger partial charge is 0.264 e. The number of nitrogens with two attached hydrogens (primary N) is 1. The summed E-state index contributed by atoms with van der Waals surface area (Å²) in [5.41, 5.74) is 7.62. The summed E-state index contributed by atoms with van der Waals surface area (Å²) in [6.45, 7) is 3.27. The molecule has 7 heteroatoms. The van der Waals surface area contributed by atoms with Crippen LogP contribution in [-0.2, 0) is 0 Å². The Hall–Kier alpha value is -1.89. The first-order valence-electron chi connectivity index (χ1n) is 8.34. The van der Waals surface area contributed by atoms with Gasteiger partial charge in [-0.3, -0.25) is 4.79 Å². The van der Waals surface area contributed by atoms with E-state index in [1.165, 1.54) is 11.3 Å². The van der Waals surface area contributed by atoms with E-state index in [9.17, 15) is 4.79 Å². The molecule has 1 aliphatic rings. The van der Waals surface area contributed by atoms with Gasteiger partial charge < -0.3 is 10.6 Å². The van der Waals surface area contributed by atoms with Crippen molar-refractivity contribution in [1.29, 1.82) is 0 Å². The minimum Gasteiger partial charge on any atom is -0.334 e. The highest BCUT2D eigenvalue weighted by molar-refractivity contribution is 7.20. The highest BCUT2D eigenvalue weighted by atomic mass is 35.5. The monoisotopic (exact) mass is 374 g/mol. The Morgan fingerprint density at radius 2 is 2.28 bits per heavy atom. The maximum Gasteiger partial charge on any atom is 0.264 e. The minimum absolute atomic E-state index is 0.0752. The Morgan fingerprint density at radius 1 is 1.44 bits per heavy atom. The van der Waals surface area contributed by atoms with Crippen molar-refractivity contribution in [3.05, 3.63) is 45.9 Å². The molecule has 1 amide bonds. The molecule has 3 aromatic rings. The lowest BCUT2D eigenvalue weighted by Crippen LogP contribution is -2.39. The number of hydrogen-bond acceptors (Lipinski definition) is 4. The number of halogens is 1. The van der Waals surface area contributed by atoms with E-state index in [0.29, 0.717) is 11.6 Å². The number of benzene rings is 1. The summed E-state index contributed by atoms with van der Waals surface area (Å²) in [6, 6.07) is 9.68. The number of carbonyl (C=O) groups is 1. The third-order valence-corrected chi connectivity index (χ3v) is 6.05. The van der Waals surface area contributed by atoms with Crippen LogP contribution in [0.3, 0.4) is 0 Å². The molecule has 25 heavy (non-hydrogen) atoms. The third-order valence-electron chi connectivity index (χ3n) is 4.72. The summed E-state index contributed by atoms with van der Waals surface area (Å²) in [7, 11) is 0. The van der Waals surface area contributed by atoms with Crippen molar-refractivity contribution in [1.82, 2.24) is 14.7 Å². The lowest BCUT2D eigenvalue weighted by molar-refractivity contribution is 0.0746. The van der Waals surface area contributed by atoms with Gasteiger partial charge in [-0.05, 0) is 44.0 Å². The number of hydrogen-bond donors (Lipinski definition) is 1. The van der Waals surface area contributed by atoms with Gasteiger partial charge in [0.2, 0.25) is 0 Å². The molecule has 0 saturated carbocycles. The van der Waals surface area contributed by atoms with E-state index in [0.717, 1.165) is 45.9 Å². The lowest BCUT2D eigenvalue weighted by Gasteiger charge is -2.22. The fourth-order valence-corrected chi connectivity index (χ4v) is 4.75. The fourth-order valence-electron chi connectivity index (χ4n) is 3.43. The summed E-state index contributed by atoms with van der Waals surface area (Å²) >= 11 is 7.59. The van der Waals surface area contributed by atoms with Crippen LogP contribution in [0.1, 0.15) is 28.2 Å². The molecule has 1 aliphatic heterocycles. The van der Waals surface area contributed by atoms with Crippen LogP contribution in [0.4, 0.5) is 0 Å². The molecule has 1 aromatic carbocycles. The van der Waals surface area contributed by atoms with Gasteiger partial charge in [-0.1, -0.05) is 17.7 Å². The van der Waals surface area contributed by atoms with Crippen molar-refractivity contribution in [3.8, 4) is 5.69 Å². The normalized spacial score (nSPS) is 17.6. The van der Waals surface area contributed by atoms with Crippen molar-refractivity contribution < 1.29 is 4.79 Å². The van der Waals surface area contributed by atoms with Gasteiger partial charge in [0.1, 0.15) is 4.83 Å². The molecule has 5 nitrogen and oxygen atoms in total. The van der Waals surface area contributed by atoms with Crippen LogP contribution in [-0.4, -0.2) is 39.7 Å². The topological polar surface area (TPSA) is 64.2 Å². The van der Waals surface area contributed by atoms with Crippen LogP contribution in [0, 0.1) is 6.92 Å². The SMILES string of the molecule is Cc1nn(-c2cccc(Cl)c2)c2sc(C(=O)N3CCCC3CN)cc12. The molecule has 0 bridgehead atoms. The molecule has 2 N–H and O–H groups in total. The first-order chi connectivity index (χ1) is 12.1. The van der Waals surface area contributed by atoms with Gasteiger partial charge in [0.25, 0.3) is 5.91 Å². The van der Waals surface area contributed by atoms with E-state index in [1.54, 1.807) is 0 Å². The fraction of sp³-hybridized carbons (Fsp3) is 0.333. The molecule has 0 spiro atoms. The number of carbonyl (C=O) groups excluding carboxylic acids is 1. The molecular formula is C18H19ClN4OS. The summed E-state index contributed by atoms with van der Waals surface area (Å²) in [6.07, 6.45) is 2.01. The molecule has 130 valence electrons. The van der Waals surface area contributed by atoms with Gasteiger partial charge in [-0.2, -0.15) is 5.10 Å². The van der Waals surface area contributed by atoms with Crippen molar-refractivity contribution in [3.63, 3.8) is 0 Å². The Balaban J connectivity index is 1.76. The van der Waals surface area contributed by atoms with E-state index < -0.39 is 0 Å². The predicted molar refractivity (Wildman–Crippen MR) is 102 cm³/mol. The predicted octanol–water partition coefficient (Wildman–Crippen LogP) is 3.61. The van der Waals surface area contributed by atoms with Crippen molar-refractivity contribution in [2.24, 2.45) is 5.73 Å². The minimum atomic E-state index is 0.0752. The molecule has 1 saturated heterocycles. The average molecular weight is 375 g/mol. The van der Waals surface area contributed by atoms with Gasteiger partial charge in [0, 0.05) is 29.5 Å². The number of thiophene rings is 1. The first kappa shape index (κ1) is 16.6. The third kappa shape index (κ3) is 2.84. The number of aryl methyl sites for hydroxylation is 1. The molecule has 1 unspecified atom stereocenters. The van der Waals surface area contributed by atoms with Crippen molar-refractivity contribution >= 4 is 39.1 Å². The van der Waals surface area contributed by atoms with Gasteiger partial charge in [-0.15, -0.1) is 11.3 Å². The van der Waals surface area contributed by atoms with Crippen molar-refractivity contribution in [2.45, 2.75) is 25.8 Å². The summed E-state index contributed by atoms with van der Waals surface area (Å²) in [5.74, 6) is 0.0752. The van der Waals surface area contributed by atoms with Gasteiger partial charge in [0.05, 0.1) is 16.3 Å². The van der Waals surface area contributed by atoms with E-state index >= 15 is 0 Å². The molecular weight excluding hydrogens is 356 g/mol. The standard InChI is InChI=1S/C18H19ClN4OS/c1-11-15-9-16(17(24)22-7-3-6-14(22)10-20)25-18(15)23(21-11)13-5-2-4-12(19)8-13/h2,4-5,8-9,14H,3,6-7,10,20H2,1H3. The number of fused-ring (bicyclic) bond motifs is 1. The Labute approximate surface area is 155 Å². The lowest BCUT2D eigenvalue weighted by atomic mass is 10.2. The van der Waals surface area contributed by atoms with Crippen molar-refractivity contribution in [2.75, 3.05) is 13.1 Å². The average Bonchev–Trinajstić information content (AvgIpc) is 3.30. The maximum absolute atomic E-state index is 12.9. The molecule has 4 rings (SSSR count). The van der Waals surface area contributed by atoms with Crippen LogP contribution in [0.15, 0.2) is 30.3 Å². The Bertz CT molecular complexity index is 948. The van der Waals surface area contributed by atoms with Crippen LogP contribution in [0.5, 0.6) is 0 Å². The Morgan fingerprint density at radius 3 is 3.04 bits per heavy atom. The van der Waals surface area contributed by atoms with Gasteiger partial charge in [-0.25, -0.2) is 4.68 Å². The Kier molecular flexibility index (Phi) is 4.27. The quantitative estimate of drug-likeness (QED) is 0.761. The first-order valence-corrected chi connectivity index (χ1v) is 9.54. The molecule has 2 aromatic heterocycles. The van der Waals surface area contributed by atoms with E-state index in [2.05, 4.69) is 5.10 Å². The molecule has 0 radical (unpaired) electrons. The number of amides is 1. The summed E-state index contributed by atoms with van der Waals surface area (Å²) in [4.78, 5) is 16.5. The van der Waals surface area contributed by atoms with E-state index in [-0.39, 0.29) is 11.9 Å². The summed E-state index contributed by atoms with van der Waals surface area (Å²) in [5, 5.41) is 6.29. The van der Waals surface area contributed by atoms with Crippen LogP contribution in [0.25, 0.3) is 15.9 Å². The zero-order valence-electron chi connectivity index (χ0n) is 13.9. The number of rotatable bonds is 3. The number of likely N-dealkylation sites (tertiary alicyclic amines) is 1. The molecule has 3 heterocycles. The van der Waals surface area contributed by atoms with Gasteiger partial charge in [0.15, 0.2) is 0 Å². The maximum atomic E-state index is 12.9. The second-order valence-electron chi connectivity index (χ2n) is 6.34. The number of nitrogens with zero attached hydrogens (tertiary/aromatic N) is 3. The second-order valence-corrected chi connectivity index (χ2v) is 7.80. The van der Waals surface area contributed by atoms with E-state index in [4.69, 9.17) is 17.3 Å². The molecule has 0 aliphatic carbocycles. The van der Waals surface area contributed by atoms with Crippen LogP contribution >= 0.6 is 22.9 Å². The van der Waals surface area contributed by atoms with Crippen LogP contribution in [0.2, 0.25) is 5.02 Å². The zero-order chi connectivity index (χ0) is 17.6. The zero-order valence-corrected chi connectivity index (χ0v) is 15.5. The summed E-state index contributed by atoms with van der Waals surface area (Å²) < 4.78 is 1.86. The largest absolute Gasteiger partial charge is 0.334 e. The highest BCUT2D eigenvalue weighted by Gasteiger charge is 2.30. The van der Waals surface area contributed by atoms with Crippen LogP contribution < -0.4 is 5.73 Å². The molecule has 1 atom stereocenters. The molecule has 1 fully saturated rings. The second kappa shape index (κ2) is 6.44.